The van der Waals surface area contributed by atoms with Gasteiger partial charge >= 0.3 is 0 Å². The maximum atomic E-state index is 5.98. The Morgan fingerprint density at radius 3 is 2.87 bits per heavy atom. The van der Waals surface area contributed by atoms with Crippen LogP contribution in [0.25, 0.3) is 0 Å². The van der Waals surface area contributed by atoms with Crippen LogP contribution in [0.4, 0.5) is 5.82 Å². The van der Waals surface area contributed by atoms with Crippen molar-refractivity contribution in [3.63, 3.8) is 0 Å². The van der Waals surface area contributed by atoms with E-state index < -0.39 is 0 Å². The number of aromatic nitrogens is 2. The third-order valence-corrected chi connectivity index (χ3v) is 3.89. The third kappa shape index (κ3) is 1.81. The van der Waals surface area contributed by atoms with Gasteiger partial charge in [-0.05, 0) is 37.0 Å². The van der Waals surface area contributed by atoms with Crippen molar-refractivity contribution in [1.29, 1.82) is 0 Å². The Bertz CT molecular complexity index is 372. The van der Waals surface area contributed by atoms with Gasteiger partial charge in [0.1, 0.15) is 17.2 Å². The SMILES string of the molecule is Clc1cncnc1NCC1(C2CC2)CC1. The molecule has 0 radical (unpaired) electrons. The summed E-state index contributed by atoms with van der Waals surface area (Å²) in [5.74, 6) is 1.74. The summed E-state index contributed by atoms with van der Waals surface area (Å²) in [5.41, 5.74) is 0.578. The number of nitrogens with zero attached hydrogens (tertiary/aromatic N) is 2. The smallest absolute Gasteiger partial charge is 0.148 e. The monoisotopic (exact) mass is 223 g/mol. The van der Waals surface area contributed by atoms with Crippen LogP contribution in [-0.2, 0) is 0 Å². The highest BCUT2D eigenvalue weighted by Crippen LogP contribution is 2.61. The number of halogens is 1. The largest absolute Gasteiger partial charge is 0.368 e. The van der Waals surface area contributed by atoms with Gasteiger partial charge in [0.15, 0.2) is 0 Å². The van der Waals surface area contributed by atoms with Crippen LogP contribution < -0.4 is 5.32 Å². The van der Waals surface area contributed by atoms with E-state index in [4.69, 9.17) is 11.6 Å². The van der Waals surface area contributed by atoms with Gasteiger partial charge in [0.05, 0.1) is 6.20 Å². The van der Waals surface area contributed by atoms with E-state index in [2.05, 4.69) is 15.3 Å². The molecule has 3 rings (SSSR count). The first kappa shape index (κ1) is 9.40. The van der Waals surface area contributed by atoms with Gasteiger partial charge in [-0.25, -0.2) is 9.97 Å². The second kappa shape index (κ2) is 3.34. The Morgan fingerprint density at radius 1 is 1.47 bits per heavy atom. The first-order chi connectivity index (χ1) is 7.30. The third-order valence-electron chi connectivity index (χ3n) is 3.61. The summed E-state index contributed by atoms with van der Waals surface area (Å²) in [6.07, 6.45) is 8.73. The maximum Gasteiger partial charge on any atom is 0.148 e. The minimum atomic E-state index is 0.578. The molecule has 80 valence electrons. The molecule has 1 N–H and O–H groups in total. The number of hydrogen-bond donors (Lipinski definition) is 1. The fourth-order valence-corrected chi connectivity index (χ4v) is 2.46. The quantitative estimate of drug-likeness (QED) is 0.853. The maximum absolute atomic E-state index is 5.98. The summed E-state index contributed by atoms with van der Waals surface area (Å²) in [7, 11) is 0. The molecular weight excluding hydrogens is 210 g/mol. The molecule has 0 atom stereocenters. The summed E-state index contributed by atoms with van der Waals surface area (Å²) in [4.78, 5) is 8.00. The van der Waals surface area contributed by atoms with Crippen molar-refractivity contribution >= 4 is 17.4 Å². The zero-order valence-corrected chi connectivity index (χ0v) is 9.30. The van der Waals surface area contributed by atoms with Crippen molar-refractivity contribution in [2.75, 3.05) is 11.9 Å². The van der Waals surface area contributed by atoms with Crippen LogP contribution in [0.15, 0.2) is 12.5 Å². The van der Waals surface area contributed by atoms with E-state index >= 15 is 0 Å². The molecule has 2 aliphatic carbocycles. The highest BCUT2D eigenvalue weighted by atomic mass is 35.5. The van der Waals surface area contributed by atoms with Crippen LogP contribution >= 0.6 is 11.6 Å². The molecule has 2 fully saturated rings. The van der Waals surface area contributed by atoms with Crippen molar-refractivity contribution in [3.8, 4) is 0 Å². The first-order valence-electron chi connectivity index (χ1n) is 5.50. The van der Waals surface area contributed by atoms with Crippen molar-refractivity contribution in [2.24, 2.45) is 11.3 Å². The summed E-state index contributed by atoms with van der Waals surface area (Å²) in [6.45, 7) is 1.02. The van der Waals surface area contributed by atoms with Crippen LogP contribution in [0, 0.1) is 11.3 Å². The fourth-order valence-electron chi connectivity index (χ4n) is 2.29. The first-order valence-corrected chi connectivity index (χ1v) is 5.87. The van der Waals surface area contributed by atoms with Crippen molar-refractivity contribution in [1.82, 2.24) is 9.97 Å². The molecule has 0 amide bonds. The lowest BCUT2D eigenvalue weighted by atomic mass is 10.0. The molecule has 0 unspecified atom stereocenters. The van der Waals surface area contributed by atoms with Crippen LogP contribution in [0.5, 0.6) is 0 Å². The van der Waals surface area contributed by atoms with Gasteiger partial charge < -0.3 is 5.32 Å². The molecule has 0 bridgehead atoms. The molecule has 2 saturated carbocycles. The molecule has 0 saturated heterocycles. The molecule has 2 aliphatic rings. The number of rotatable bonds is 4. The average molecular weight is 224 g/mol. The van der Waals surface area contributed by atoms with Gasteiger partial charge in [-0.15, -0.1) is 0 Å². The predicted octanol–water partition coefficient (Wildman–Crippen LogP) is 2.73. The molecule has 0 aromatic carbocycles. The average Bonchev–Trinajstić information content (AvgIpc) is 3.10. The molecule has 0 spiro atoms. The second-order valence-corrected chi connectivity index (χ2v) is 5.12. The minimum Gasteiger partial charge on any atom is -0.368 e. The van der Waals surface area contributed by atoms with Crippen LogP contribution in [-0.4, -0.2) is 16.5 Å². The number of anilines is 1. The lowest BCUT2D eigenvalue weighted by Crippen LogP contribution is -2.18. The summed E-state index contributed by atoms with van der Waals surface area (Å²) < 4.78 is 0. The normalized spacial score (nSPS) is 22.5. The van der Waals surface area contributed by atoms with Crippen LogP contribution in [0.2, 0.25) is 5.02 Å². The van der Waals surface area contributed by atoms with E-state index in [1.807, 2.05) is 0 Å². The van der Waals surface area contributed by atoms with E-state index in [1.165, 1.54) is 32.0 Å². The summed E-state index contributed by atoms with van der Waals surface area (Å²) in [5, 5.41) is 3.97. The van der Waals surface area contributed by atoms with Gasteiger partial charge in [0.25, 0.3) is 0 Å². The molecular formula is C11H14ClN3. The molecule has 1 heterocycles. The summed E-state index contributed by atoms with van der Waals surface area (Å²) in [6, 6.07) is 0. The van der Waals surface area contributed by atoms with E-state index in [-0.39, 0.29) is 0 Å². The van der Waals surface area contributed by atoms with E-state index in [1.54, 1.807) is 6.20 Å². The van der Waals surface area contributed by atoms with E-state index in [0.29, 0.717) is 10.4 Å². The zero-order valence-electron chi connectivity index (χ0n) is 8.54. The Labute approximate surface area is 94.3 Å². The van der Waals surface area contributed by atoms with E-state index in [9.17, 15) is 0 Å². The molecule has 0 aliphatic heterocycles. The minimum absolute atomic E-state index is 0.578. The standard InChI is InChI=1S/C11H14ClN3/c12-9-5-13-7-15-10(9)14-6-11(3-4-11)8-1-2-8/h5,7-8H,1-4,6H2,(H,13,14,15). The van der Waals surface area contributed by atoms with Gasteiger partial charge in [-0.1, -0.05) is 11.6 Å². The summed E-state index contributed by atoms with van der Waals surface area (Å²) >= 11 is 5.98. The molecule has 1 aromatic rings. The fraction of sp³-hybridized carbons (Fsp3) is 0.636. The molecule has 1 aromatic heterocycles. The van der Waals surface area contributed by atoms with Crippen molar-refractivity contribution < 1.29 is 0 Å². The van der Waals surface area contributed by atoms with Gasteiger partial charge in [-0.2, -0.15) is 0 Å². The van der Waals surface area contributed by atoms with Crippen molar-refractivity contribution in [2.45, 2.75) is 25.7 Å². The number of nitrogens with one attached hydrogen (secondary N) is 1. The Hall–Kier alpha value is -0.830. The van der Waals surface area contributed by atoms with Crippen LogP contribution in [0.3, 0.4) is 0 Å². The topological polar surface area (TPSA) is 37.8 Å². The lowest BCUT2D eigenvalue weighted by Gasteiger charge is -2.15. The zero-order chi connectivity index (χ0) is 10.3. The van der Waals surface area contributed by atoms with Gasteiger partial charge in [-0.3, -0.25) is 0 Å². The highest BCUT2D eigenvalue weighted by Gasteiger charge is 2.53. The Balaban J connectivity index is 1.64. The highest BCUT2D eigenvalue weighted by molar-refractivity contribution is 6.32. The lowest BCUT2D eigenvalue weighted by molar-refractivity contribution is 0.466. The molecule has 4 heteroatoms. The van der Waals surface area contributed by atoms with Gasteiger partial charge in [0.2, 0.25) is 0 Å². The Kier molecular flexibility index (Phi) is 2.09. The Morgan fingerprint density at radius 2 is 2.27 bits per heavy atom. The second-order valence-electron chi connectivity index (χ2n) is 4.71. The van der Waals surface area contributed by atoms with Gasteiger partial charge in [0, 0.05) is 6.54 Å². The van der Waals surface area contributed by atoms with E-state index in [0.717, 1.165) is 18.3 Å². The number of hydrogen-bond acceptors (Lipinski definition) is 3. The predicted molar refractivity (Wildman–Crippen MR) is 59.9 cm³/mol. The molecule has 15 heavy (non-hydrogen) atoms. The van der Waals surface area contributed by atoms with Crippen LogP contribution in [0.1, 0.15) is 25.7 Å². The van der Waals surface area contributed by atoms with Crippen molar-refractivity contribution in [3.05, 3.63) is 17.5 Å². The molecule has 3 nitrogen and oxygen atoms in total.